The monoisotopic (exact) mass is 409 g/mol. The maximum absolute atomic E-state index is 11.5. The van der Waals surface area contributed by atoms with Crippen LogP contribution in [0.1, 0.15) is 24.8 Å². The van der Waals surface area contributed by atoms with E-state index in [0.717, 1.165) is 50.3 Å². The molecule has 0 unspecified atom stereocenters. The van der Waals surface area contributed by atoms with E-state index in [4.69, 9.17) is 4.74 Å². The highest BCUT2D eigenvalue weighted by Crippen LogP contribution is 2.28. The van der Waals surface area contributed by atoms with Crippen LogP contribution >= 0.6 is 11.3 Å². The number of carbonyl (C=O) groups is 1. The zero-order valence-corrected chi connectivity index (χ0v) is 17.3. The van der Waals surface area contributed by atoms with Crippen molar-refractivity contribution in [2.45, 2.75) is 25.7 Å². The van der Waals surface area contributed by atoms with Crippen molar-refractivity contribution in [1.82, 2.24) is 5.32 Å². The number of benzene rings is 2. The summed E-state index contributed by atoms with van der Waals surface area (Å²) in [5.74, 6) is 0.910. The second-order valence-electron chi connectivity index (χ2n) is 7.24. The number of nitrogens with one attached hydrogen (secondary N) is 3. The van der Waals surface area contributed by atoms with Crippen molar-refractivity contribution in [3.63, 3.8) is 0 Å². The first kappa shape index (κ1) is 19.7. The Morgan fingerprint density at radius 1 is 1.03 bits per heavy atom. The first-order valence-corrected chi connectivity index (χ1v) is 11.1. The fraction of sp³-hybridized carbons (Fsp3) is 0.348. The molecule has 0 spiro atoms. The molecule has 1 aromatic heterocycles. The van der Waals surface area contributed by atoms with Gasteiger partial charge >= 0.3 is 0 Å². The van der Waals surface area contributed by atoms with E-state index >= 15 is 0 Å². The standard InChI is InChI=1S/C23H27N3O2S/c27-23-9-7-17-6-8-18(16-21(17)26-23)28-14-2-1-11-24-12-13-25-20-4-3-5-22-19(20)10-15-29-22/h3-6,8,10,15-16,24-25H,1-2,7,9,11-14H2,(H,26,27). The molecule has 0 radical (unpaired) electrons. The van der Waals surface area contributed by atoms with Crippen LogP contribution in [0.2, 0.25) is 0 Å². The predicted molar refractivity (Wildman–Crippen MR) is 121 cm³/mol. The number of amides is 1. The highest BCUT2D eigenvalue weighted by molar-refractivity contribution is 7.17. The Bertz CT molecular complexity index is 970. The predicted octanol–water partition coefficient (Wildman–Crippen LogP) is 4.65. The molecule has 6 heteroatoms. The zero-order chi connectivity index (χ0) is 19.9. The average Bonchev–Trinajstić information content (AvgIpc) is 3.22. The molecule has 0 saturated carbocycles. The number of fused-ring (bicyclic) bond motifs is 2. The maximum Gasteiger partial charge on any atom is 0.224 e. The van der Waals surface area contributed by atoms with Gasteiger partial charge in [0.25, 0.3) is 0 Å². The van der Waals surface area contributed by atoms with E-state index in [1.807, 2.05) is 12.1 Å². The van der Waals surface area contributed by atoms with Crippen LogP contribution < -0.4 is 20.7 Å². The molecule has 0 bridgehead atoms. The summed E-state index contributed by atoms with van der Waals surface area (Å²) in [7, 11) is 0. The number of ether oxygens (including phenoxy) is 1. The first-order valence-electron chi connectivity index (χ1n) is 10.3. The van der Waals surface area contributed by atoms with Crippen LogP contribution in [0.25, 0.3) is 10.1 Å². The van der Waals surface area contributed by atoms with Gasteiger partial charge in [0.1, 0.15) is 5.75 Å². The quantitative estimate of drug-likeness (QED) is 0.427. The van der Waals surface area contributed by atoms with Crippen molar-refractivity contribution in [1.29, 1.82) is 0 Å². The van der Waals surface area contributed by atoms with E-state index in [9.17, 15) is 4.79 Å². The van der Waals surface area contributed by atoms with Gasteiger partial charge in [0.05, 0.1) is 6.61 Å². The van der Waals surface area contributed by atoms with Gasteiger partial charge in [-0.2, -0.15) is 0 Å². The van der Waals surface area contributed by atoms with Crippen LogP contribution in [0, 0.1) is 0 Å². The maximum atomic E-state index is 11.5. The number of anilines is 2. The normalized spacial score (nSPS) is 13.2. The number of rotatable bonds is 10. The van der Waals surface area contributed by atoms with Crippen LogP contribution in [-0.4, -0.2) is 32.1 Å². The van der Waals surface area contributed by atoms with Gasteiger partial charge in [0, 0.05) is 47.0 Å². The van der Waals surface area contributed by atoms with E-state index in [2.05, 4.69) is 51.7 Å². The summed E-state index contributed by atoms with van der Waals surface area (Å²) in [5, 5.41) is 13.3. The lowest BCUT2D eigenvalue weighted by atomic mass is 10.0. The fourth-order valence-corrected chi connectivity index (χ4v) is 4.35. The van der Waals surface area contributed by atoms with Crippen LogP contribution in [-0.2, 0) is 11.2 Å². The van der Waals surface area contributed by atoms with Crippen LogP contribution in [0.3, 0.4) is 0 Å². The summed E-state index contributed by atoms with van der Waals surface area (Å²) in [6.07, 6.45) is 3.45. The van der Waals surface area contributed by atoms with Gasteiger partial charge in [-0.15, -0.1) is 11.3 Å². The Morgan fingerprint density at radius 3 is 2.97 bits per heavy atom. The minimum Gasteiger partial charge on any atom is -0.494 e. The number of unbranched alkanes of at least 4 members (excludes halogenated alkanes) is 1. The molecule has 1 aliphatic rings. The van der Waals surface area contributed by atoms with E-state index in [1.165, 1.54) is 21.3 Å². The lowest BCUT2D eigenvalue weighted by molar-refractivity contribution is -0.116. The summed E-state index contributed by atoms with van der Waals surface area (Å²) < 4.78 is 7.16. The number of hydrogen-bond donors (Lipinski definition) is 3. The van der Waals surface area contributed by atoms with Crippen molar-refractivity contribution >= 4 is 38.7 Å². The van der Waals surface area contributed by atoms with E-state index in [-0.39, 0.29) is 5.91 Å². The zero-order valence-electron chi connectivity index (χ0n) is 16.5. The van der Waals surface area contributed by atoms with E-state index in [1.54, 1.807) is 11.3 Å². The molecule has 4 rings (SSSR count). The Kier molecular flexibility index (Phi) is 6.64. The third kappa shape index (κ3) is 5.28. The molecule has 3 aromatic rings. The Balaban J connectivity index is 1.08. The second-order valence-corrected chi connectivity index (χ2v) is 8.19. The highest BCUT2D eigenvalue weighted by atomic mass is 32.1. The Morgan fingerprint density at radius 2 is 2.00 bits per heavy atom. The molecule has 0 saturated heterocycles. The fourth-order valence-electron chi connectivity index (χ4n) is 3.54. The first-order chi connectivity index (χ1) is 14.3. The Hall–Kier alpha value is -2.57. The summed E-state index contributed by atoms with van der Waals surface area (Å²) in [4.78, 5) is 11.5. The van der Waals surface area contributed by atoms with Crippen molar-refractivity contribution in [2.24, 2.45) is 0 Å². The second kappa shape index (κ2) is 9.76. The van der Waals surface area contributed by atoms with Gasteiger partial charge in [0.15, 0.2) is 0 Å². The number of carbonyl (C=O) groups excluding carboxylic acids is 1. The summed E-state index contributed by atoms with van der Waals surface area (Å²) >= 11 is 1.78. The molecular weight excluding hydrogens is 382 g/mol. The van der Waals surface area contributed by atoms with E-state index in [0.29, 0.717) is 13.0 Å². The van der Waals surface area contributed by atoms with E-state index < -0.39 is 0 Å². The number of aryl methyl sites for hydroxylation is 1. The van der Waals surface area contributed by atoms with Crippen molar-refractivity contribution in [3.8, 4) is 5.75 Å². The van der Waals surface area contributed by atoms with Gasteiger partial charge in [-0.1, -0.05) is 12.1 Å². The summed E-state index contributed by atoms with van der Waals surface area (Å²) in [6, 6.07) is 14.6. The Labute approximate surface area is 175 Å². The molecule has 152 valence electrons. The van der Waals surface area contributed by atoms with Crippen molar-refractivity contribution < 1.29 is 9.53 Å². The number of thiophene rings is 1. The minimum atomic E-state index is 0.0854. The lowest BCUT2D eigenvalue weighted by Gasteiger charge is -2.17. The molecule has 2 heterocycles. The van der Waals surface area contributed by atoms with Gasteiger partial charge in [-0.3, -0.25) is 4.79 Å². The molecule has 5 nitrogen and oxygen atoms in total. The van der Waals surface area contributed by atoms with Gasteiger partial charge in [-0.05, 0) is 61.0 Å². The SMILES string of the molecule is O=C1CCc2ccc(OCCCCNCCNc3cccc4sccc34)cc2N1. The summed E-state index contributed by atoms with van der Waals surface area (Å²) in [5.41, 5.74) is 3.29. The third-order valence-corrected chi connectivity index (χ3v) is 5.99. The molecule has 3 N–H and O–H groups in total. The third-order valence-electron chi connectivity index (χ3n) is 5.11. The lowest BCUT2D eigenvalue weighted by Crippen LogP contribution is -2.23. The largest absolute Gasteiger partial charge is 0.494 e. The van der Waals surface area contributed by atoms with Crippen LogP contribution in [0.15, 0.2) is 47.8 Å². The summed E-state index contributed by atoms with van der Waals surface area (Å²) in [6.45, 7) is 3.51. The number of hydrogen-bond acceptors (Lipinski definition) is 5. The molecule has 0 fully saturated rings. The van der Waals surface area contributed by atoms with Crippen molar-refractivity contribution in [3.05, 3.63) is 53.4 Å². The van der Waals surface area contributed by atoms with Crippen LogP contribution in [0.4, 0.5) is 11.4 Å². The molecular formula is C23H27N3O2S. The molecule has 0 aliphatic carbocycles. The molecule has 0 atom stereocenters. The van der Waals surface area contributed by atoms with Crippen LogP contribution in [0.5, 0.6) is 5.75 Å². The van der Waals surface area contributed by atoms with Gasteiger partial charge < -0.3 is 20.7 Å². The molecule has 2 aromatic carbocycles. The molecule has 1 aliphatic heterocycles. The highest BCUT2D eigenvalue weighted by Gasteiger charge is 2.14. The smallest absolute Gasteiger partial charge is 0.224 e. The van der Waals surface area contributed by atoms with Gasteiger partial charge in [0.2, 0.25) is 5.91 Å². The molecule has 1 amide bonds. The van der Waals surface area contributed by atoms with Gasteiger partial charge in [-0.25, -0.2) is 0 Å². The van der Waals surface area contributed by atoms with Crippen molar-refractivity contribution in [2.75, 3.05) is 36.9 Å². The molecule has 29 heavy (non-hydrogen) atoms. The average molecular weight is 410 g/mol. The minimum absolute atomic E-state index is 0.0854. The topological polar surface area (TPSA) is 62.4 Å².